The first-order chi connectivity index (χ1) is 16.6. The fraction of sp³-hybridized carbons (Fsp3) is 0.500. The first-order valence-electron chi connectivity index (χ1n) is 11.7. The number of aromatic nitrogens is 3. The molecule has 3 aromatic rings. The van der Waals surface area contributed by atoms with E-state index in [0.29, 0.717) is 28.3 Å². The average Bonchev–Trinajstić information content (AvgIpc) is 3.28. The molecular formula is C24H29BClN3O6. The Morgan fingerprint density at radius 2 is 1.83 bits per heavy atom. The zero-order valence-electron chi connectivity index (χ0n) is 20.1. The maximum Gasteiger partial charge on any atom is 0.494 e. The summed E-state index contributed by atoms with van der Waals surface area (Å²) < 4.78 is 23.6. The van der Waals surface area contributed by atoms with Gasteiger partial charge in [0.15, 0.2) is 5.65 Å². The average molecular weight is 502 g/mol. The second-order valence-corrected chi connectivity index (χ2v) is 10.4. The predicted octanol–water partition coefficient (Wildman–Crippen LogP) is 2.47. The molecule has 0 radical (unpaired) electrons. The van der Waals surface area contributed by atoms with E-state index in [-0.39, 0.29) is 19.2 Å². The highest BCUT2D eigenvalue weighted by molar-refractivity contribution is 6.62. The molecule has 3 N–H and O–H groups in total. The van der Waals surface area contributed by atoms with Gasteiger partial charge in [0.25, 0.3) is 6.01 Å². The lowest BCUT2D eigenvalue weighted by Crippen LogP contribution is -2.45. The molecule has 2 aromatic heterocycles. The van der Waals surface area contributed by atoms with Crippen LogP contribution in [0.25, 0.3) is 22.4 Å². The van der Waals surface area contributed by atoms with Crippen molar-refractivity contribution in [2.45, 2.75) is 63.6 Å². The van der Waals surface area contributed by atoms with Gasteiger partial charge in [0.2, 0.25) is 0 Å². The van der Waals surface area contributed by atoms with Gasteiger partial charge < -0.3 is 34.0 Å². The summed E-state index contributed by atoms with van der Waals surface area (Å²) in [5.74, 6) is 0. The van der Waals surface area contributed by atoms with Gasteiger partial charge in [-0.1, -0.05) is 35.9 Å². The highest BCUT2D eigenvalue weighted by atomic mass is 35.5. The lowest BCUT2D eigenvalue weighted by atomic mass is 9.79. The number of hydrogen-bond donors (Lipinski definition) is 3. The van der Waals surface area contributed by atoms with Crippen molar-refractivity contribution >= 4 is 35.3 Å². The third-order valence-electron chi connectivity index (χ3n) is 7.00. The number of halogens is 1. The maximum atomic E-state index is 10.1. The summed E-state index contributed by atoms with van der Waals surface area (Å²) in [6.07, 6.45) is -1.46. The number of benzene rings is 1. The molecule has 35 heavy (non-hydrogen) atoms. The molecule has 0 saturated carbocycles. The van der Waals surface area contributed by atoms with Crippen LogP contribution in [0.5, 0.6) is 6.01 Å². The number of aliphatic hydroxyl groups is 2. The molecule has 1 aromatic carbocycles. The van der Waals surface area contributed by atoms with E-state index in [0.717, 1.165) is 11.0 Å². The molecule has 2 fully saturated rings. The minimum atomic E-state index is -0.803. The Balaban J connectivity index is 1.33. The molecule has 0 spiro atoms. The molecule has 4 heterocycles. The standard InChI is InChI=1S/C24H29BClN3O6/c1-23(2)24(3,4)35-25(34-23)14-7-5-13(6-8-14)20-16(26)10-17-21(28-20)29-22(27-17)33-15-9-18(31)19(11-30)32-12-15/h5-8,10,15,18-19,30-31H,9,11-12H2,1-4H3,(H,27,28,29)/t15-,18+,19-/m1/s1. The van der Waals surface area contributed by atoms with E-state index in [4.69, 9.17) is 30.4 Å². The minimum Gasteiger partial charge on any atom is -0.459 e. The molecule has 0 amide bonds. The van der Waals surface area contributed by atoms with Gasteiger partial charge in [0.1, 0.15) is 12.2 Å². The Morgan fingerprint density at radius 1 is 1.14 bits per heavy atom. The van der Waals surface area contributed by atoms with Gasteiger partial charge in [-0.2, -0.15) is 4.98 Å². The molecule has 11 heteroatoms. The Hall–Kier alpha value is -2.21. The summed E-state index contributed by atoms with van der Waals surface area (Å²) >= 11 is 6.55. The number of imidazole rings is 1. The zero-order chi connectivity index (χ0) is 25.0. The molecule has 5 rings (SSSR count). The predicted molar refractivity (Wildman–Crippen MR) is 132 cm³/mol. The zero-order valence-corrected chi connectivity index (χ0v) is 20.9. The van der Waals surface area contributed by atoms with Gasteiger partial charge in [0.05, 0.1) is 46.8 Å². The summed E-state index contributed by atoms with van der Waals surface area (Å²) in [5.41, 5.74) is 2.62. The van der Waals surface area contributed by atoms with E-state index in [2.05, 4.69) is 15.0 Å². The van der Waals surface area contributed by atoms with Crippen LogP contribution < -0.4 is 10.2 Å². The highest BCUT2D eigenvalue weighted by Crippen LogP contribution is 2.37. The van der Waals surface area contributed by atoms with Crippen molar-refractivity contribution in [2.24, 2.45) is 0 Å². The fourth-order valence-corrected chi connectivity index (χ4v) is 4.44. The quantitative estimate of drug-likeness (QED) is 0.456. The molecule has 3 atom stereocenters. The van der Waals surface area contributed by atoms with Crippen molar-refractivity contribution in [3.8, 4) is 17.3 Å². The van der Waals surface area contributed by atoms with Crippen molar-refractivity contribution in [2.75, 3.05) is 13.2 Å². The summed E-state index contributed by atoms with van der Waals surface area (Å²) in [7, 11) is -0.444. The molecule has 0 unspecified atom stereocenters. The second kappa shape index (κ2) is 9.03. The number of nitrogens with one attached hydrogen (secondary N) is 1. The Labute approximate surface area is 208 Å². The molecule has 2 saturated heterocycles. The van der Waals surface area contributed by atoms with Crippen molar-refractivity contribution in [3.05, 3.63) is 35.4 Å². The van der Waals surface area contributed by atoms with Gasteiger partial charge in [0, 0.05) is 12.0 Å². The molecule has 2 aliphatic rings. The van der Waals surface area contributed by atoms with Gasteiger partial charge >= 0.3 is 7.12 Å². The van der Waals surface area contributed by atoms with Crippen LogP contribution in [-0.4, -0.2) is 75.0 Å². The largest absolute Gasteiger partial charge is 0.494 e. The first kappa shape index (κ1) is 24.5. The third kappa shape index (κ3) is 4.66. The van der Waals surface area contributed by atoms with E-state index >= 15 is 0 Å². The third-order valence-corrected chi connectivity index (χ3v) is 7.29. The number of fused-ring (bicyclic) bond motifs is 1. The lowest BCUT2D eigenvalue weighted by Gasteiger charge is -2.32. The number of aromatic amines is 1. The number of rotatable bonds is 5. The van der Waals surface area contributed by atoms with Crippen LogP contribution >= 0.6 is 11.6 Å². The Bertz CT molecular complexity index is 1200. The van der Waals surface area contributed by atoms with E-state index in [1.807, 2.05) is 52.0 Å². The van der Waals surface area contributed by atoms with Gasteiger partial charge in [-0.05, 0) is 39.2 Å². The van der Waals surface area contributed by atoms with Crippen molar-refractivity contribution in [1.29, 1.82) is 0 Å². The number of aliphatic hydroxyl groups excluding tert-OH is 2. The van der Waals surface area contributed by atoms with Crippen LogP contribution in [0, 0.1) is 0 Å². The van der Waals surface area contributed by atoms with Crippen molar-refractivity contribution < 1.29 is 29.0 Å². The number of H-pyrrole nitrogens is 1. The van der Waals surface area contributed by atoms with Crippen LogP contribution in [0.4, 0.5) is 0 Å². The molecule has 186 valence electrons. The Kier molecular flexibility index (Phi) is 6.32. The summed E-state index contributed by atoms with van der Waals surface area (Å²) in [5, 5.41) is 19.7. The van der Waals surface area contributed by atoms with Crippen molar-refractivity contribution in [3.63, 3.8) is 0 Å². The Morgan fingerprint density at radius 3 is 2.46 bits per heavy atom. The monoisotopic (exact) mass is 501 g/mol. The molecule has 2 aliphatic heterocycles. The number of hydrogen-bond acceptors (Lipinski definition) is 8. The molecule has 0 bridgehead atoms. The van der Waals surface area contributed by atoms with Gasteiger partial charge in [-0.3, -0.25) is 0 Å². The van der Waals surface area contributed by atoms with E-state index in [1.54, 1.807) is 6.07 Å². The smallest absolute Gasteiger partial charge is 0.459 e. The van der Waals surface area contributed by atoms with Crippen molar-refractivity contribution in [1.82, 2.24) is 15.0 Å². The summed E-state index contributed by atoms with van der Waals surface area (Å²) in [4.78, 5) is 12.1. The number of pyridine rings is 1. The highest BCUT2D eigenvalue weighted by Gasteiger charge is 2.51. The van der Waals surface area contributed by atoms with E-state index in [9.17, 15) is 10.2 Å². The molecular weight excluding hydrogens is 473 g/mol. The number of ether oxygens (including phenoxy) is 2. The first-order valence-corrected chi connectivity index (χ1v) is 12.0. The fourth-order valence-electron chi connectivity index (χ4n) is 4.18. The molecule has 0 aliphatic carbocycles. The topological polar surface area (TPSA) is 119 Å². The minimum absolute atomic E-state index is 0.235. The van der Waals surface area contributed by atoms with E-state index < -0.39 is 36.6 Å². The molecule has 9 nitrogen and oxygen atoms in total. The van der Waals surface area contributed by atoms with Crippen LogP contribution in [0.3, 0.4) is 0 Å². The van der Waals surface area contributed by atoms with E-state index in [1.165, 1.54) is 0 Å². The lowest BCUT2D eigenvalue weighted by molar-refractivity contribution is -0.131. The van der Waals surface area contributed by atoms with Crippen LogP contribution in [0.1, 0.15) is 34.1 Å². The van der Waals surface area contributed by atoms with Gasteiger partial charge in [-0.25, -0.2) is 4.98 Å². The van der Waals surface area contributed by atoms with Gasteiger partial charge in [-0.15, -0.1) is 0 Å². The maximum absolute atomic E-state index is 10.1. The summed E-state index contributed by atoms with van der Waals surface area (Å²) in [6.45, 7) is 8.11. The van der Waals surface area contributed by atoms with Crippen LogP contribution in [0.2, 0.25) is 5.02 Å². The van der Waals surface area contributed by atoms with Crippen LogP contribution in [-0.2, 0) is 14.0 Å². The van der Waals surface area contributed by atoms with Crippen LogP contribution in [0.15, 0.2) is 30.3 Å². The summed E-state index contributed by atoms with van der Waals surface area (Å²) in [6, 6.07) is 9.79. The SMILES string of the molecule is CC1(C)OB(c2ccc(-c3nc4nc(O[C@H]5CO[C@H](CO)[C@@H](O)C5)[nH]c4cc3Cl)cc2)OC1(C)C. The number of nitrogens with zero attached hydrogens (tertiary/aromatic N) is 2. The second-order valence-electron chi connectivity index (χ2n) is 10.0. The normalized spacial score (nSPS) is 25.8.